The van der Waals surface area contributed by atoms with Crippen molar-refractivity contribution < 1.29 is 9.59 Å². The van der Waals surface area contributed by atoms with E-state index in [1.807, 2.05) is 24.3 Å². The second kappa shape index (κ2) is 4.68. The third-order valence-corrected chi connectivity index (χ3v) is 3.82. The minimum Gasteiger partial charge on any atom is -0.373 e. The van der Waals surface area contributed by atoms with Gasteiger partial charge in [-0.15, -0.1) is 0 Å². The quantitative estimate of drug-likeness (QED) is 0.840. The van der Waals surface area contributed by atoms with Crippen LogP contribution in [0.3, 0.4) is 0 Å². The van der Waals surface area contributed by atoms with E-state index in [0.29, 0.717) is 0 Å². The summed E-state index contributed by atoms with van der Waals surface area (Å²) in [4.78, 5) is 25.6. The molecule has 1 heterocycles. The Hall–Kier alpha value is -1.84. The van der Waals surface area contributed by atoms with Gasteiger partial charge in [-0.2, -0.15) is 0 Å². The number of hydrogen-bond acceptors (Lipinski definition) is 3. The van der Waals surface area contributed by atoms with E-state index >= 15 is 0 Å². The monoisotopic (exact) mass is 258 g/mol. The first-order valence-corrected chi connectivity index (χ1v) is 6.91. The number of benzene rings is 1. The van der Waals surface area contributed by atoms with Gasteiger partial charge in [-0.3, -0.25) is 14.5 Å². The van der Waals surface area contributed by atoms with Gasteiger partial charge in [-0.25, -0.2) is 0 Å². The van der Waals surface area contributed by atoms with Crippen LogP contribution in [0.1, 0.15) is 31.7 Å². The van der Waals surface area contributed by atoms with Gasteiger partial charge in [0, 0.05) is 11.7 Å². The van der Waals surface area contributed by atoms with Gasteiger partial charge in [0.2, 0.25) is 5.91 Å². The number of nitrogens with one attached hydrogen (secondary N) is 1. The average Bonchev–Trinajstić information content (AvgIpc) is 3.19. The van der Waals surface area contributed by atoms with Gasteiger partial charge in [0.25, 0.3) is 5.91 Å². The highest BCUT2D eigenvalue weighted by Crippen LogP contribution is 2.32. The Morgan fingerprint density at radius 3 is 2.68 bits per heavy atom. The normalized spacial score (nSPS) is 23.0. The van der Waals surface area contributed by atoms with E-state index in [2.05, 4.69) is 12.2 Å². The van der Waals surface area contributed by atoms with E-state index < -0.39 is 0 Å². The Morgan fingerprint density at radius 1 is 1.26 bits per heavy atom. The molecule has 100 valence electrons. The number of amides is 2. The fourth-order valence-corrected chi connectivity index (χ4v) is 2.64. The summed E-state index contributed by atoms with van der Waals surface area (Å²) < 4.78 is 0. The molecule has 1 N–H and O–H groups in total. The van der Waals surface area contributed by atoms with Crippen molar-refractivity contribution in [1.82, 2.24) is 4.90 Å². The van der Waals surface area contributed by atoms with E-state index in [1.165, 1.54) is 10.5 Å². The summed E-state index contributed by atoms with van der Waals surface area (Å²) in [6.07, 6.45) is 3.13. The molecule has 3 rings (SSSR count). The van der Waals surface area contributed by atoms with E-state index in [0.717, 1.165) is 24.9 Å². The van der Waals surface area contributed by atoms with Gasteiger partial charge in [-0.1, -0.05) is 25.1 Å². The number of carbonyl (C=O) groups excluding carboxylic acids is 2. The molecule has 1 aliphatic heterocycles. The molecule has 1 atom stereocenters. The molecule has 0 aromatic heterocycles. The van der Waals surface area contributed by atoms with Crippen LogP contribution in [0.2, 0.25) is 0 Å². The van der Waals surface area contributed by atoms with E-state index in [9.17, 15) is 9.59 Å². The zero-order valence-electron chi connectivity index (χ0n) is 11.1. The summed E-state index contributed by atoms with van der Waals surface area (Å²) in [6.45, 7) is 2.08. The van der Waals surface area contributed by atoms with Crippen molar-refractivity contribution in [3.8, 4) is 0 Å². The number of aryl methyl sites for hydroxylation is 1. The predicted octanol–water partition coefficient (Wildman–Crippen LogP) is 1.95. The van der Waals surface area contributed by atoms with Crippen LogP contribution >= 0.6 is 0 Å². The number of para-hydroxylation sites is 1. The lowest BCUT2D eigenvalue weighted by molar-refractivity contribution is -0.139. The smallest absolute Gasteiger partial charge is 0.252 e. The molecule has 19 heavy (non-hydrogen) atoms. The molecule has 1 unspecified atom stereocenters. The minimum atomic E-state index is -0.388. The first kappa shape index (κ1) is 12.2. The van der Waals surface area contributed by atoms with Crippen LogP contribution in [0.15, 0.2) is 24.3 Å². The number of anilines is 1. The van der Waals surface area contributed by atoms with Crippen LogP contribution in [-0.4, -0.2) is 28.8 Å². The second-order valence-electron chi connectivity index (χ2n) is 5.24. The highest BCUT2D eigenvalue weighted by molar-refractivity contribution is 6.07. The fourth-order valence-electron chi connectivity index (χ4n) is 2.64. The second-order valence-corrected chi connectivity index (χ2v) is 5.24. The topological polar surface area (TPSA) is 49.4 Å². The molecular formula is C15H18N2O2. The maximum absolute atomic E-state index is 12.2. The summed E-state index contributed by atoms with van der Waals surface area (Å²) in [6, 6.07) is 7.73. The molecule has 1 aromatic rings. The molecule has 4 heteroatoms. The summed E-state index contributed by atoms with van der Waals surface area (Å²) in [7, 11) is 0. The van der Waals surface area contributed by atoms with Crippen LogP contribution in [0.25, 0.3) is 0 Å². The van der Waals surface area contributed by atoms with Crippen LogP contribution in [0.5, 0.6) is 0 Å². The van der Waals surface area contributed by atoms with Gasteiger partial charge < -0.3 is 5.32 Å². The highest BCUT2D eigenvalue weighted by Gasteiger charge is 2.46. The maximum Gasteiger partial charge on any atom is 0.252 e. The molecule has 2 fully saturated rings. The molecule has 4 nitrogen and oxygen atoms in total. The zero-order valence-corrected chi connectivity index (χ0v) is 11.1. The lowest BCUT2D eigenvalue weighted by atomic mass is 10.1. The molecule has 2 aliphatic rings. The van der Waals surface area contributed by atoms with Gasteiger partial charge >= 0.3 is 0 Å². The van der Waals surface area contributed by atoms with E-state index in [4.69, 9.17) is 0 Å². The van der Waals surface area contributed by atoms with Gasteiger partial charge in [0.1, 0.15) is 6.04 Å². The van der Waals surface area contributed by atoms with Crippen LogP contribution < -0.4 is 5.32 Å². The highest BCUT2D eigenvalue weighted by atomic mass is 16.2. The molecule has 0 spiro atoms. The van der Waals surface area contributed by atoms with Crippen molar-refractivity contribution in [3.05, 3.63) is 29.8 Å². The molecule has 1 aliphatic carbocycles. The third kappa shape index (κ3) is 2.23. The van der Waals surface area contributed by atoms with Crippen molar-refractivity contribution in [2.24, 2.45) is 0 Å². The first-order chi connectivity index (χ1) is 9.20. The Bertz CT molecular complexity index is 523. The molecule has 0 radical (unpaired) electrons. The van der Waals surface area contributed by atoms with Gasteiger partial charge in [-0.05, 0) is 30.9 Å². The number of imide groups is 1. The number of hydrogen-bond donors (Lipinski definition) is 1. The van der Waals surface area contributed by atoms with Crippen molar-refractivity contribution in [2.45, 2.75) is 44.7 Å². The summed E-state index contributed by atoms with van der Waals surface area (Å²) in [5.74, 6) is -0.0858. The van der Waals surface area contributed by atoms with Crippen LogP contribution in [-0.2, 0) is 16.0 Å². The van der Waals surface area contributed by atoms with Crippen LogP contribution in [0, 0.1) is 0 Å². The number of carbonyl (C=O) groups is 2. The Labute approximate surface area is 112 Å². The van der Waals surface area contributed by atoms with E-state index in [-0.39, 0.29) is 30.3 Å². The fraction of sp³-hybridized carbons (Fsp3) is 0.467. The molecule has 0 bridgehead atoms. The zero-order chi connectivity index (χ0) is 13.4. The van der Waals surface area contributed by atoms with Crippen molar-refractivity contribution in [1.29, 1.82) is 0 Å². The van der Waals surface area contributed by atoms with Crippen molar-refractivity contribution >= 4 is 17.5 Å². The third-order valence-electron chi connectivity index (χ3n) is 3.82. The SMILES string of the molecule is CCc1ccccc1NC1CC(=O)N(C2CC2)C1=O. The van der Waals surface area contributed by atoms with Gasteiger partial charge in [0.05, 0.1) is 6.42 Å². The van der Waals surface area contributed by atoms with Crippen molar-refractivity contribution in [3.63, 3.8) is 0 Å². The van der Waals surface area contributed by atoms with Crippen molar-refractivity contribution in [2.75, 3.05) is 5.32 Å². The standard InChI is InChI=1S/C15H18N2O2/c1-2-10-5-3-4-6-12(10)16-13-9-14(18)17(15(13)19)11-7-8-11/h3-6,11,13,16H,2,7-9H2,1H3. The number of nitrogens with zero attached hydrogens (tertiary/aromatic N) is 1. The lowest BCUT2D eigenvalue weighted by Crippen LogP contribution is -2.36. The number of likely N-dealkylation sites (tertiary alicyclic amines) is 1. The maximum atomic E-state index is 12.2. The summed E-state index contributed by atoms with van der Waals surface area (Å²) in [5, 5.41) is 3.24. The molecule has 1 saturated heterocycles. The average molecular weight is 258 g/mol. The number of rotatable bonds is 4. The molecule has 1 aromatic carbocycles. The molecule has 2 amide bonds. The summed E-state index contributed by atoms with van der Waals surface area (Å²) in [5.41, 5.74) is 2.14. The summed E-state index contributed by atoms with van der Waals surface area (Å²) >= 11 is 0. The Kier molecular flexibility index (Phi) is 3.01. The predicted molar refractivity (Wildman–Crippen MR) is 72.7 cm³/mol. The Balaban J connectivity index is 1.77. The first-order valence-electron chi connectivity index (χ1n) is 6.91. The van der Waals surface area contributed by atoms with Gasteiger partial charge in [0.15, 0.2) is 0 Å². The largest absolute Gasteiger partial charge is 0.373 e. The lowest BCUT2D eigenvalue weighted by Gasteiger charge is -2.16. The molecular weight excluding hydrogens is 240 g/mol. The minimum absolute atomic E-state index is 0.0287. The Morgan fingerprint density at radius 2 is 2.00 bits per heavy atom. The van der Waals surface area contributed by atoms with Crippen LogP contribution in [0.4, 0.5) is 5.69 Å². The van der Waals surface area contributed by atoms with E-state index in [1.54, 1.807) is 0 Å². The molecule has 1 saturated carbocycles.